The monoisotopic (exact) mass is 146 g/mol. The minimum Gasteiger partial charge on any atom is -0.394 e. The lowest BCUT2D eigenvalue weighted by atomic mass is 9.88. The summed E-state index contributed by atoms with van der Waals surface area (Å²) in [4.78, 5) is 0. The Hall–Kier alpha value is -0.0800. The van der Waals surface area contributed by atoms with Crippen molar-refractivity contribution in [1.82, 2.24) is 0 Å². The molecule has 0 aliphatic heterocycles. The lowest BCUT2D eigenvalue weighted by molar-refractivity contribution is 0.110. The number of rotatable bonds is 1. The van der Waals surface area contributed by atoms with E-state index in [0.29, 0.717) is 0 Å². The molecule has 1 atom stereocenters. The summed E-state index contributed by atoms with van der Waals surface area (Å²) in [6.07, 6.45) is 3.90. The van der Waals surface area contributed by atoms with Crippen LogP contribution >= 0.6 is 0 Å². The van der Waals surface area contributed by atoms with Gasteiger partial charge < -0.3 is 10.2 Å². The normalized spacial score (nSPS) is 20.4. The minimum atomic E-state index is -0.560. The van der Waals surface area contributed by atoms with Crippen molar-refractivity contribution in [2.45, 2.75) is 39.2 Å². The van der Waals surface area contributed by atoms with Gasteiger partial charge in [-0.2, -0.15) is 0 Å². The third-order valence-corrected chi connectivity index (χ3v) is 1.66. The maximum atomic E-state index is 8.11. The molecule has 2 N–H and O–H groups in total. The van der Waals surface area contributed by atoms with Crippen molar-refractivity contribution >= 4 is 0 Å². The lowest BCUT2D eigenvalue weighted by Gasteiger charge is -2.18. The van der Waals surface area contributed by atoms with Crippen molar-refractivity contribution in [2.75, 3.05) is 6.61 Å². The van der Waals surface area contributed by atoms with E-state index in [1.165, 1.54) is 26.2 Å². The highest BCUT2D eigenvalue weighted by molar-refractivity contribution is 4.62. The molecular weight excluding hydrogens is 128 g/mol. The Morgan fingerprint density at radius 2 is 1.80 bits per heavy atom. The van der Waals surface area contributed by atoms with Gasteiger partial charge >= 0.3 is 0 Å². The fourth-order valence-electron chi connectivity index (χ4n) is 0.612. The quantitative estimate of drug-likeness (QED) is 0.583. The second-order valence-corrected chi connectivity index (χ2v) is 3.07. The average molecular weight is 146 g/mol. The van der Waals surface area contributed by atoms with E-state index in [0.717, 1.165) is 5.92 Å². The number of hydrogen-bond donors (Lipinski definition) is 2. The smallest absolute Gasteiger partial charge is 0.0742 e. The van der Waals surface area contributed by atoms with Gasteiger partial charge in [0.05, 0.1) is 12.7 Å². The first-order valence-electron chi connectivity index (χ1n) is 3.95. The molecule has 0 aromatic carbocycles. The SMILES string of the molecule is CC(O)CO.CC1CCC1. The Labute approximate surface area is 62.9 Å². The molecule has 0 aromatic heterocycles. The molecule has 0 spiro atoms. The highest BCUT2D eigenvalue weighted by Gasteiger charge is 2.09. The van der Waals surface area contributed by atoms with Gasteiger partial charge in [0.1, 0.15) is 0 Å². The van der Waals surface area contributed by atoms with Gasteiger partial charge in [0.25, 0.3) is 0 Å². The van der Waals surface area contributed by atoms with Crippen molar-refractivity contribution < 1.29 is 10.2 Å². The third kappa shape index (κ3) is 6.05. The van der Waals surface area contributed by atoms with Crippen molar-refractivity contribution in [3.05, 3.63) is 0 Å². The summed E-state index contributed by atoms with van der Waals surface area (Å²) in [6.45, 7) is 3.70. The predicted molar refractivity (Wildman–Crippen MR) is 41.8 cm³/mol. The van der Waals surface area contributed by atoms with E-state index >= 15 is 0 Å². The van der Waals surface area contributed by atoms with Crippen molar-refractivity contribution in [3.63, 3.8) is 0 Å². The minimum absolute atomic E-state index is 0.139. The maximum absolute atomic E-state index is 8.11. The van der Waals surface area contributed by atoms with Crippen molar-refractivity contribution in [2.24, 2.45) is 5.92 Å². The second kappa shape index (κ2) is 5.69. The number of aliphatic hydroxyl groups excluding tert-OH is 2. The Morgan fingerprint density at radius 3 is 1.80 bits per heavy atom. The Bertz CT molecular complexity index is 63.7. The average Bonchev–Trinajstić information content (AvgIpc) is 1.85. The van der Waals surface area contributed by atoms with Crippen LogP contribution in [0.3, 0.4) is 0 Å². The summed E-state index contributed by atoms with van der Waals surface area (Å²) >= 11 is 0. The molecule has 1 rings (SSSR count). The van der Waals surface area contributed by atoms with Gasteiger partial charge in [-0.05, 0) is 12.8 Å². The highest BCUT2D eigenvalue weighted by atomic mass is 16.3. The molecule has 1 saturated carbocycles. The van der Waals surface area contributed by atoms with Crippen LogP contribution in [0.1, 0.15) is 33.1 Å². The molecule has 2 nitrogen and oxygen atoms in total. The molecule has 0 radical (unpaired) electrons. The summed E-state index contributed by atoms with van der Waals surface area (Å²) in [5.41, 5.74) is 0. The molecule has 62 valence electrons. The van der Waals surface area contributed by atoms with Gasteiger partial charge in [-0.25, -0.2) is 0 Å². The standard InChI is InChI=1S/C5H10.C3H8O2/c1-5-3-2-4-5;1-3(5)2-4/h5H,2-4H2,1H3;3-5H,2H2,1H3. The zero-order chi connectivity index (χ0) is 7.98. The van der Waals surface area contributed by atoms with Crippen LogP contribution in [0.4, 0.5) is 0 Å². The summed E-state index contributed by atoms with van der Waals surface area (Å²) in [6, 6.07) is 0. The predicted octanol–water partition coefficient (Wildman–Crippen LogP) is 1.17. The Balaban J connectivity index is 0.000000162. The molecule has 0 amide bonds. The maximum Gasteiger partial charge on any atom is 0.0742 e. The van der Waals surface area contributed by atoms with E-state index in [4.69, 9.17) is 10.2 Å². The van der Waals surface area contributed by atoms with Crippen LogP contribution in [-0.4, -0.2) is 22.9 Å². The van der Waals surface area contributed by atoms with E-state index in [1.807, 2.05) is 0 Å². The van der Waals surface area contributed by atoms with E-state index in [2.05, 4.69) is 6.92 Å². The van der Waals surface area contributed by atoms with Gasteiger partial charge in [-0.3, -0.25) is 0 Å². The van der Waals surface area contributed by atoms with Gasteiger partial charge in [0.15, 0.2) is 0 Å². The largest absolute Gasteiger partial charge is 0.394 e. The Morgan fingerprint density at radius 1 is 1.50 bits per heavy atom. The molecule has 0 bridgehead atoms. The van der Waals surface area contributed by atoms with Gasteiger partial charge in [0, 0.05) is 0 Å². The molecule has 1 fully saturated rings. The number of aliphatic hydroxyl groups is 2. The molecule has 0 aromatic rings. The first-order valence-corrected chi connectivity index (χ1v) is 3.95. The van der Waals surface area contributed by atoms with Crippen LogP contribution in [0.25, 0.3) is 0 Å². The van der Waals surface area contributed by atoms with Crippen LogP contribution < -0.4 is 0 Å². The van der Waals surface area contributed by atoms with Crippen molar-refractivity contribution in [3.8, 4) is 0 Å². The molecule has 1 unspecified atom stereocenters. The summed E-state index contributed by atoms with van der Waals surface area (Å²) in [5, 5.41) is 16.0. The van der Waals surface area contributed by atoms with Crippen LogP contribution in [0.15, 0.2) is 0 Å². The molecule has 0 heterocycles. The van der Waals surface area contributed by atoms with Crippen LogP contribution in [0.2, 0.25) is 0 Å². The zero-order valence-corrected chi connectivity index (χ0v) is 6.88. The van der Waals surface area contributed by atoms with Crippen LogP contribution in [0.5, 0.6) is 0 Å². The molecule has 2 heteroatoms. The van der Waals surface area contributed by atoms with Gasteiger partial charge in [0.2, 0.25) is 0 Å². The van der Waals surface area contributed by atoms with E-state index in [-0.39, 0.29) is 6.61 Å². The van der Waals surface area contributed by atoms with Crippen LogP contribution in [0, 0.1) is 5.92 Å². The fraction of sp³-hybridized carbons (Fsp3) is 1.00. The van der Waals surface area contributed by atoms with E-state index < -0.39 is 6.10 Å². The Kier molecular flexibility index (Phi) is 5.64. The summed E-state index contributed by atoms with van der Waals surface area (Å²) < 4.78 is 0. The molecule has 0 saturated heterocycles. The van der Waals surface area contributed by atoms with E-state index in [9.17, 15) is 0 Å². The first-order chi connectivity index (χ1) is 4.66. The zero-order valence-electron chi connectivity index (χ0n) is 6.88. The first kappa shape index (κ1) is 9.92. The topological polar surface area (TPSA) is 40.5 Å². The molecule has 10 heavy (non-hydrogen) atoms. The molecule has 1 aliphatic carbocycles. The van der Waals surface area contributed by atoms with Crippen LogP contribution in [-0.2, 0) is 0 Å². The summed E-state index contributed by atoms with van der Waals surface area (Å²) in [5.74, 6) is 1.06. The van der Waals surface area contributed by atoms with Crippen molar-refractivity contribution in [1.29, 1.82) is 0 Å². The van der Waals surface area contributed by atoms with Gasteiger partial charge in [-0.15, -0.1) is 0 Å². The van der Waals surface area contributed by atoms with E-state index in [1.54, 1.807) is 0 Å². The lowest BCUT2D eigenvalue weighted by Crippen LogP contribution is -2.04. The summed E-state index contributed by atoms with van der Waals surface area (Å²) in [7, 11) is 0. The molecular formula is C8H18O2. The third-order valence-electron chi connectivity index (χ3n) is 1.66. The second-order valence-electron chi connectivity index (χ2n) is 3.07. The fourth-order valence-corrected chi connectivity index (χ4v) is 0.612. The highest BCUT2D eigenvalue weighted by Crippen LogP contribution is 2.24. The molecule has 1 aliphatic rings. The van der Waals surface area contributed by atoms with Gasteiger partial charge in [-0.1, -0.05) is 26.2 Å². The number of hydrogen-bond acceptors (Lipinski definition) is 2.